The number of rotatable bonds is 3. The Bertz CT molecular complexity index is 939. The third-order valence-electron chi connectivity index (χ3n) is 5.75. The molecule has 1 aliphatic carbocycles. The molecule has 27 heavy (non-hydrogen) atoms. The van der Waals surface area contributed by atoms with Gasteiger partial charge < -0.3 is 4.74 Å². The molecule has 5 nitrogen and oxygen atoms in total. The lowest BCUT2D eigenvalue weighted by Crippen LogP contribution is -2.59. The lowest BCUT2D eigenvalue weighted by molar-refractivity contribution is -0.584. The number of para-hydroxylation sites is 1. The van der Waals surface area contributed by atoms with Gasteiger partial charge in [-0.2, -0.15) is 0 Å². The monoisotopic (exact) mass is 427 g/mol. The molecule has 4 atom stereocenters. The zero-order valence-electron chi connectivity index (χ0n) is 14.7. The van der Waals surface area contributed by atoms with Gasteiger partial charge in [0.15, 0.2) is 6.61 Å². The number of halogens is 1. The predicted octanol–water partition coefficient (Wildman–Crippen LogP) is 4.50. The van der Waals surface area contributed by atoms with Gasteiger partial charge in [-0.1, -0.05) is 59.3 Å². The second-order valence-corrected chi connectivity index (χ2v) is 8.10. The van der Waals surface area contributed by atoms with Crippen LogP contribution < -0.4 is 4.74 Å². The minimum absolute atomic E-state index is 0.0715. The molecule has 0 amide bonds. The minimum atomic E-state index is -1.44. The Morgan fingerprint density at radius 2 is 1.93 bits per heavy atom. The number of allylic oxidation sites excluding steroid dienone is 1. The first-order valence-electron chi connectivity index (χ1n) is 8.77. The number of carbonyl (C=O) groups is 1. The topological polar surface area (TPSA) is 69.4 Å². The number of fused-ring (bicyclic) bond motifs is 3. The zero-order chi connectivity index (χ0) is 19.2. The zero-order valence-corrected chi connectivity index (χ0v) is 16.3. The Morgan fingerprint density at radius 3 is 2.59 bits per heavy atom. The third kappa shape index (κ3) is 2.62. The molecule has 1 heterocycles. The van der Waals surface area contributed by atoms with Gasteiger partial charge in [-0.05, 0) is 29.7 Å². The number of aldehydes is 1. The molecule has 0 radical (unpaired) electrons. The maximum absolute atomic E-state index is 12.6. The number of ether oxygens (including phenoxy) is 1. The van der Waals surface area contributed by atoms with Crippen molar-refractivity contribution in [3.05, 3.63) is 85.9 Å². The van der Waals surface area contributed by atoms with Crippen molar-refractivity contribution in [2.75, 3.05) is 6.61 Å². The Labute approximate surface area is 165 Å². The second kappa shape index (κ2) is 6.60. The molecule has 2 aromatic carbocycles. The van der Waals surface area contributed by atoms with E-state index in [0.29, 0.717) is 11.3 Å². The van der Waals surface area contributed by atoms with E-state index < -0.39 is 11.5 Å². The number of hydrogen-bond acceptors (Lipinski definition) is 4. The molecule has 2 aliphatic rings. The molecule has 1 aliphatic heterocycles. The number of benzene rings is 2. The van der Waals surface area contributed by atoms with Crippen LogP contribution in [0.4, 0.5) is 0 Å². The summed E-state index contributed by atoms with van der Waals surface area (Å²) in [5.41, 5.74) is 0.581. The van der Waals surface area contributed by atoms with Crippen LogP contribution in [0.3, 0.4) is 0 Å². The number of hydrogen-bond donors (Lipinski definition) is 0. The highest BCUT2D eigenvalue weighted by atomic mass is 79.9. The van der Waals surface area contributed by atoms with E-state index in [1.54, 1.807) is 0 Å². The average molecular weight is 428 g/mol. The molecular formula is C21H18BrNO4. The fourth-order valence-electron chi connectivity index (χ4n) is 4.72. The highest BCUT2D eigenvalue weighted by molar-refractivity contribution is 9.10. The molecule has 6 heteroatoms. The summed E-state index contributed by atoms with van der Waals surface area (Å²) in [7, 11) is 0. The largest absolute Gasteiger partial charge is 0.486 e. The first-order valence-corrected chi connectivity index (χ1v) is 9.57. The summed E-state index contributed by atoms with van der Waals surface area (Å²) in [6, 6.07) is 14.8. The van der Waals surface area contributed by atoms with Gasteiger partial charge in [0, 0.05) is 20.5 Å². The van der Waals surface area contributed by atoms with E-state index >= 15 is 0 Å². The Hall–Kier alpha value is -2.47. The van der Waals surface area contributed by atoms with Crippen molar-refractivity contribution in [1.29, 1.82) is 0 Å². The van der Waals surface area contributed by atoms with Gasteiger partial charge in [0.2, 0.25) is 0 Å². The quantitative estimate of drug-likeness (QED) is 0.410. The average Bonchev–Trinajstić information content (AvgIpc) is 2.68. The van der Waals surface area contributed by atoms with E-state index in [4.69, 9.17) is 4.74 Å². The molecule has 138 valence electrons. The van der Waals surface area contributed by atoms with E-state index in [1.807, 2.05) is 61.5 Å². The van der Waals surface area contributed by atoms with Gasteiger partial charge in [-0.15, -0.1) is 0 Å². The SMILES string of the molecule is C[C@@H]1C=C(C=O)[C@H](c2ccc(Br)cc2)[C@]2([N+](=O)[O-])COc3ccccc3[C@@H]12. The Morgan fingerprint density at radius 1 is 1.22 bits per heavy atom. The smallest absolute Gasteiger partial charge is 0.273 e. The molecule has 2 aromatic rings. The fourth-order valence-corrected chi connectivity index (χ4v) is 4.99. The minimum Gasteiger partial charge on any atom is -0.486 e. The summed E-state index contributed by atoms with van der Waals surface area (Å²) in [5, 5.41) is 12.6. The summed E-state index contributed by atoms with van der Waals surface area (Å²) < 4.78 is 6.76. The van der Waals surface area contributed by atoms with E-state index in [0.717, 1.165) is 21.9 Å². The molecule has 0 saturated heterocycles. The van der Waals surface area contributed by atoms with Crippen LogP contribution in [-0.2, 0) is 4.79 Å². The first kappa shape index (κ1) is 17.9. The first-order chi connectivity index (χ1) is 13.0. The number of nitro groups is 1. The van der Waals surface area contributed by atoms with Crippen LogP contribution in [0, 0.1) is 16.0 Å². The summed E-state index contributed by atoms with van der Waals surface area (Å²) >= 11 is 3.40. The standard InChI is InChI=1S/C21H18BrNO4/c1-13-10-15(11-24)20(14-6-8-16(22)9-7-14)21(23(25)26)12-27-18-5-3-2-4-17(18)19(13)21/h2-11,13,19-20H,12H2,1H3/t13-,19-,20+,21+/m1/s1. The van der Waals surface area contributed by atoms with Crippen LogP contribution in [-0.4, -0.2) is 23.4 Å². The summed E-state index contributed by atoms with van der Waals surface area (Å²) in [5.74, 6) is -0.529. The van der Waals surface area contributed by atoms with Gasteiger partial charge in [0.1, 0.15) is 12.0 Å². The lowest BCUT2D eigenvalue weighted by Gasteiger charge is -2.47. The summed E-state index contributed by atoms with van der Waals surface area (Å²) in [6.07, 6.45) is 2.64. The van der Waals surface area contributed by atoms with Crippen molar-refractivity contribution >= 4 is 22.2 Å². The Balaban J connectivity index is 1.99. The summed E-state index contributed by atoms with van der Waals surface area (Å²) in [4.78, 5) is 24.2. The van der Waals surface area contributed by atoms with E-state index in [1.165, 1.54) is 0 Å². The van der Waals surface area contributed by atoms with Gasteiger partial charge in [-0.3, -0.25) is 14.9 Å². The van der Waals surface area contributed by atoms with Crippen LogP contribution in [0.1, 0.15) is 29.9 Å². The highest BCUT2D eigenvalue weighted by Gasteiger charge is 2.64. The van der Waals surface area contributed by atoms with Gasteiger partial charge in [0.05, 0.1) is 11.8 Å². The van der Waals surface area contributed by atoms with Gasteiger partial charge in [0.25, 0.3) is 5.54 Å². The molecular weight excluding hydrogens is 410 g/mol. The van der Waals surface area contributed by atoms with Crippen molar-refractivity contribution in [3.8, 4) is 5.75 Å². The Kier molecular flexibility index (Phi) is 4.38. The van der Waals surface area contributed by atoms with Crippen molar-refractivity contribution in [2.24, 2.45) is 5.92 Å². The number of nitrogens with zero attached hydrogens (tertiary/aromatic N) is 1. The summed E-state index contributed by atoms with van der Waals surface area (Å²) in [6.45, 7) is 1.87. The van der Waals surface area contributed by atoms with Gasteiger partial charge in [-0.25, -0.2) is 0 Å². The van der Waals surface area contributed by atoms with Crippen molar-refractivity contribution in [2.45, 2.75) is 24.3 Å². The predicted molar refractivity (Wildman–Crippen MR) is 105 cm³/mol. The van der Waals surface area contributed by atoms with Crippen LogP contribution in [0.2, 0.25) is 0 Å². The van der Waals surface area contributed by atoms with Crippen LogP contribution in [0.5, 0.6) is 5.75 Å². The van der Waals surface area contributed by atoms with Crippen LogP contribution in [0.25, 0.3) is 0 Å². The van der Waals surface area contributed by atoms with Crippen LogP contribution in [0.15, 0.2) is 64.7 Å². The van der Waals surface area contributed by atoms with E-state index in [-0.39, 0.29) is 23.4 Å². The molecule has 0 saturated carbocycles. The molecule has 4 rings (SSSR count). The molecule has 0 unspecified atom stereocenters. The maximum Gasteiger partial charge on any atom is 0.273 e. The normalized spacial score (nSPS) is 29.0. The van der Waals surface area contributed by atoms with E-state index in [9.17, 15) is 14.9 Å². The molecule has 0 aromatic heterocycles. The van der Waals surface area contributed by atoms with Crippen molar-refractivity contribution < 1.29 is 14.5 Å². The molecule has 0 spiro atoms. The molecule has 0 bridgehead atoms. The highest BCUT2D eigenvalue weighted by Crippen LogP contribution is 2.56. The van der Waals surface area contributed by atoms with Crippen molar-refractivity contribution in [3.63, 3.8) is 0 Å². The fraction of sp³-hybridized carbons (Fsp3) is 0.286. The van der Waals surface area contributed by atoms with Gasteiger partial charge >= 0.3 is 0 Å². The number of carbonyl (C=O) groups excluding carboxylic acids is 1. The van der Waals surface area contributed by atoms with Crippen LogP contribution >= 0.6 is 15.9 Å². The van der Waals surface area contributed by atoms with Crippen molar-refractivity contribution in [1.82, 2.24) is 0 Å². The molecule has 0 N–H and O–H groups in total. The molecule has 0 fully saturated rings. The van der Waals surface area contributed by atoms with E-state index in [2.05, 4.69) is 15.9 Å². The lowest BCUT2D eigenvalue weighted by atomic mass is 9.58. The second-order valence-electron chi connectivity index (χ2n) is 7.18. The maximum atomic E-state index is 12.6. The third-order valence-corrected chi connectivity index (χ3v) is 6.27.